The molecule has 4 aromatic rings. The molecule has 46 heavy (non-hydrogen) atoms. The summed E-state index contributed by atoms with van der Waals surface area (Å²) in [5.74, 6) is 0.120. The first-order chi connectivity index (χ1) is 22.0. The van der Waals surface area contributed by atoms with Crippen molar-refractivity contribution in [2.45, 2.75) is 43.8 Å². The summed E-state index contributed by atoms with van der Waals surface area (Å²) in [6, 6.07) is 27.6. The molecule has 0 unspecified atom stereocenters. The highest BCUT2D eigenvalue weighted by Gasteiger charge is 2.35. The Kier molecular flexibility index (Phi) is 11.7. The molecule has 9 nitrogen and oxygen atoms in total. The standard InChI is InChI=1S/C35H38ClN3O6S/c1-25(2)37-35(41)33(21-26-10-6-5-7-11-26)38(23-27-12-8-15-31(20-27)45-4)34(40)24-39(29-14-9-13-28(36)22-29)46(42,43)32-18-16-30(44-3)17-19-32/h5-20,22,25,33H,21,23-24H2,1-4H3,(H,37,41)/t33-/m1/s1. The monoisotopic (exact) mass is 663 g/mol. The van der Waals surface area contributed by atoms with E-state index in [1.165, 1.54) is 42.3 Å². The molecule has 0 saturated carbocycles. The molecule has 4 aromatic carbocycles. The Morgan fingerprint density at radius 3 is 2.09 bits per heavy atom. The molecule has 1 N–H and O–H groups in total. The van der Waals surface area contributed by atoms with E-state index in [0.29, 0.717) is 22.1 Å². The molecule has 0 radical (unpaired) electrons. The van der Waals surface area contributed by atoms with Gasteiger partial charge < -0.3 is 19.7 Å². The highest BCUT2D eigenvalue weighted by molar-refractivity contribution is 7.92. The van der Waals surface area contributed by atoms with Crippen LogP contribution in [0.15, 0.2) is 108 Å². The molecule has 0 aromatic heterocycles. The summed E-state index contributed by atoms with van der Waals surface area (Å²) >= 11 is 6.29. The fourth-order valence-corrected chi connectivity index (χ4v) is 6.53. The zero-order valence-corrected chi connectivity index (χ0v) is 27.8. The van der Waals surface area contributed by atoms with Crippen molar-refractivity contribution in [1.29, 1.82) is 0 Å². The second kappa shape index (κ2) is 15.6. The van der Waals surface area contributed by atoms with Gasteiger partial charge in [-0.1, -0.05) is 60.1 Å². The molecule has 0 aliphatic heterocycles. The molecule has 0 bridgehead atoms. The van der Waals surface area contributed by atoms with Crippen molar-refractivity contribution in [3.05, 3.63) is 119 Å². The van der Waals surface area contributed by atoms with Gasteiger partial charge in [0.1, 0.15) is 24.1 Å². The molecule has 0 fully saturated rings. The number of sulfonamides is 1. The number of nitrogens with one attached hydrogen (secondary N) is 1. The summed E-state index contributed by atoms with van der Waals surface area (Å²) in [4.78, 5) is 29.7. The number of amides is 2. The lowest BCUT2D eigenvalue weighted by atomic mass is 10.0. The first kappa shape index (κ1) is 34.3. The average molecular weight is 664 g/mol. The fraction of sp³-hybridized carbons (Fsp3) is 0.257. The average Bonchev–Trinajstić information content (AvgIpc) is 3.05. The molecule has 242 valence electrons. The quantitative estimate of drug-likeness (QED) is 0.185. The van der Waals surface area contributed by atoms with Gasteiger partial charge in [-0.05, 0) is 79.6 Å². The summed E-state index contributed by atoms with van der Waals surface area (Å²) < 4.78 is 39.9. The smallest absolute Gasteiger partial charge is 0.264 e. The number of carbonyl (C=O) groups is 2. The minimum absolute atomic E-state index is 0.0189. The predicted molar refractivity (Wildman–Crippen MR) is 180 cm³/mol. The number of nitrogens with zero attached hydrogens (tertiary/aromatic N) is 2. The van der Waals surface area contributed by atoms with E-state index in [1.54, 1.807) is 43.5 Å². The maximum absolute atomic E-state index is 14.5. The largest absolute Gasteiger partial charge is 0.497 e. The number of rotatable bonds is 14. The molecule has 0 saturated heterocycles. The van der Waals surface area contributed by atoms with Crippen molar-refractivity contribution < 1.29 is 27.5 Å². The van der Waals surface area contributed by atoms with Crippen LogP contribution >= 0.6 is 11.6 Å². The maximum Gasteiger partial charge on any atom is 0.264 e. The third-order valence-corrected chi connectivity index (χ3v) is 9.23. The van der Waals surface area contributed by atoms with E-state index in [1.807, 2.05) is 50.2 Å². The second-order valence-electron chi connectivity index (χ2n) is 10.9. The van der Waals surface area contributed by atoms with Crippen LogP contribution in [0.1, 0.15) is 25.0 Å². The Morgan fingerprint density at radius 1 is 0.804 bits per heavy atom. The first-order valence-electron chi connectivity index (χ1n) is 14.7. The lowest BCUT2D eigenvalue weighted by Gasteiger charge is -2.34. The minimum Gasteiger partial charge on any atom is -0.497 e. The van der Waals surface area contributed by atoms with E-state index >= 15 is 0 Å². The molecule has 0 aliphatic carbocycles. The number of anilines is 1. The summed E-state index contributed by atoms with van der Waals surface area (Å²) in [7, 11) is -1.25. The van der Waals surface area contributed by atoms with Gasteiger partial charge >= 0.3 is 0 Å². The molecule has 0 spiro atoms. The van der Waals surface area contributed by atoms with Crippen LogP contribution < -0.4 is 19.1 Å². The number of carbonyl (C=O) groups excluding carboxylic acids is 2. The lowest BCUT2D eigenvalue weighted by molar-refractivity contribution is -0.140. The van der Waals surface area contributed by atoms with E-state index in [4.69, 9.17) is 21.1 Å². The molecule has 0 heterocycles. The highest BCUT2D eigenvalue weighted by atomic mass is 35.5. The highest BCUT2D eigenvalue weighted by Crippen LogP contribution is 2.28. The zero-order chi connectivity index (χ0) is 33.3. The van der Waals surface area contributed by atoms with E-state index in [9.17, 15) is 18.0 Å². The van der Waals surface area contributed by atoms with Crippen LogP contribution in [0, 0.1) is 0 Å². The van der Waals surface area contributed by atoms with Crippen LogP contribution in [0.2, 0.25) is 5.02 Å². The molecule has 1 atom stereocenters. The Balaban J connectivity index is 1.81. The summed E-state index contributed by atoms with van der Waals surface area (Å²) in [6.07, 6.45) is 0.206. The molecule has 0 aliphatic rings. The molecular weight excluding hydrogens is 626 g/mol. The number of benzene rings is 4. The minimum atomic E-state index is -4.28. The van der Waals surface area contributed by atoms with E-state index in [-0.39, 0.29) is 35.5 Å². The molecule has 11 heteroatoms. The number of halogens is 1. The molecule has 2 amide bonds. The molecule has 4 rings (SSSR count). The summed E-state index contributed by atoms with van der Waals surface area (Å²) in [5, 5.41) is 3.25. The van der Waals surface area contributed by atoms with E-state index < -0.39 is 28.5 Å². The first-order valence-corrected chi connectivity index (χ1v) is 16.5. The van der Waals surface area contributed by atoms with Crippen molar-refractivity contribution in [3.63, 3.8) is 0 Å². The molecular formula is C35H38ClN3O6S. The lowest BCUT2D eigenvalue weighted by Crippen LogP contribution is -2.54. The van der Waals surface area contributed by atoms with E-state index in [0.717, 1.165) is 9.87 Å². The van der Waals surface area contributed by atoms with Crippen LogP contribution in [-0.2, 0) is 32.6 Å². The van der Waals surface area contributed by atoms with Crippen LogP contribution in [0.3, 0.4) is 0 Å². The van der Waals surface area contributed by atoms with Crippen molar-refractivity contribution in [1.82, 2.24) is 10.2 Å². The Bertz CT molecular complexity index is 1730. The van der Waals surface area contributed by atoms with Crippen LogP contribution in [-0.4, -0.2) is 58.0 Å². The van der Waals surface area contributed by atoms with Gasteiger partial charge in [-0.15, -0.1) is 0 Å². The predicted octanol–water partition coefficient (Wildman–Crippen LogP) is 5.72. The Labute approximate surface area is 275 Å². The third kappa shape index (κ3) is 8.80. The Hall–Kier alpha value is -4.54. The van der Waals surface area contributed by atoms with Gasteiger partial charge in [-0.3, -0.25) is 13.9 Å². The second-order valence-corrected chi connectivity index (χ2v) is 13.2. The summed E-state index contributed by atoms with van der Waals surface area (Å²) in [6.45, 7) is 3.10. The van der Waals surface area contributed by atoms with Crippen LogP contribution in [0.4, 0.5) is 5.69 Å². The van der Waals surface area contributed by atoms with Gasteiger partial charge in [-0.2, -0.15) is 0 Å². The number of ether oxygens (including phenoxy) is 2. The van der Waals surface area contributed by atoms with E-state index in [2.05, 4.69) is 5.32 Å². The fourth-order valence-electron chi connectivity index (χ4n) is 4.94. The van der Waals surface area contributed by atoms with Crippen molar-refractivity contribution in [2.75, 3.05) is 25.1 Å². The van der Waals surface area contributed by atoms with Crippen LogP contribution in [0.5, 0.6) is 11.5 Å². The Morgan fingerprint density at radius 2 is 1.46 bits per heavy atom. The van der Waals surface area contributed by atoms with Gasteiger partial charge in [-0.25, -0.2) is 8.42 Å². The van der Waals surface area contributed by atoms with Gasteiger partial charge in [0, 0.05) is 24.0 Å². The maximum atomic E-state index is 14.5. The zero-order valence-electron chi connectivity index (χ0n) is 26.2. The topological polar surface area (TPSA) is 105 Å². The number of hydrogen-bond acceptors (Lipinski definition) is 6. The van der Waals surface area contributed by atoms with Gasteiger partial charge in [0.15, 0.2) is 0 Å². The normalized spacial score (nSPS) is 11.9. The SMILES string of the molecule is COc1ccc(S(=O)(=O)N(CC(=O)N(Cc2cccc(OC)c2)[C@H](Cc2ccccc2)C(=O)NC(C)C)c2cccc(Cl)c2)cc1. The van der Waals surface area contributed by atoms with Crippen LogP contribution in [0.25, 0.3) is 0 Å². The van der Waals surface area contributed by atoms with Gasteiger partial charge in [0.25, 0.3) is 10.0 Å². The van der Waals surface area contributed by atoms with Gasteiger partial charge in [0.2, 0.25) is 11.8 Å². The van der Waals surface area contributed by atoms with Crippen molar-refractivity contribution in [3.8, 4) is 11.5 Å². The number of hydrogen-bond donors (Lipinski definition) is 1. The van der Waals surface area contributed by atoms with Gasteiger partial charge in [0.05, 0.1) is 24.8 Å². The summed E-state index contributed by atoms with van der Waals surface area (Å²) in [5.41, 5.74) is 1.74. The van der Waals surface area contributed by atoms with Crippen molar-refractivity contribution >= 4 is 39.1 Å². The van der Waals surface area contributed by atoms with Crippen molar-refractivity contribution in [2.24, 2.45) is 0 Å². The third-order valence-electron chi connectivity index (χ3n) is 7.21. The number of methoxy groups -OCH3 is 2.